The van der Waals surface area contributed by atoms with Crippen LogP contribution >= 0.6 is 0 Å². The molecule has 0 radical (unpaired) electrons. The molecule has 1 aromatic rings. The van der Waals surface area contributed by atoms with Gasteiger partial charge in [-0.15, -0.1) is 0 Å². The number of fused-ring (bicyclic) bond motifs is 1. The van der Waals surface area contributed by atoms with Gasteiger partial charge in [-0.1, -0.05) is 37.3 Å². The second-order valence-electron chi connectivity index (χ2n) is 5.50. The summed E-state index contributed by atoms with van der Waals surface area (Å²) in [5, 5.41) is 0. The molecule has 3 nitrogen and oxygen atoms in total. The highest BCUT2D eigenvalue weighted by atomic mass is 16.5. The van der Waals surface area contributed by atoms with Crippen LogP contribution in [0.1, 0.15) is 32.3 Å². The molecule has 2 fully saturated rings. The Morgan fingerprint density at radius 2 is 2.00 bits per heavy atom. The molecule has 18 heavy (non-hydrogen) atoms. The van der Waals surface area contributed by atoms with Crippen molar-refractivity contribution in [1.29, 1.82) is 0 Å². The van der Waals surface area contributed by atoms with Crippen LogP contribution in [0.3, 0.4) is 0 Å². The highest BCUT2D eigenvalue weighted by molar-refractivity contribution is 5.80. The topological polar surface area (TPSA) is 29.5 Å². The quantitative estimate of drug-likeness (QED) is 0.761. The Kier molecular flexibility index (Phi) is 2.67. The predicted molar refractivity (Wildman–Crippen MR) is 68.8 cm³/mol. The first kappa shape index (κ1) is 11.7. The molecule has 2 saturated heterocycles. The van der Waals surface area contributed by atoms with Crippen molar-refractivity contribution in [3.8, 4) is 0 Å². The zero-order valence-corrected chi connectivity index (χ0v) is 10.9. The SMILES string of the molecule is CC1CC[C@H]2CO[C@@](C)(c3ccccc3)N2C1=O. The molecule has 3 atom stereocenters. The van der Waals surface area contributed by atoms with Gasteiger partial charge in [0.25, 0.3) is 0 Å². The lowest BCUT2D eigenvalue weighted by Gasteiger charge is -2.41. The summed E-state index contributed by atoms with van der Waals surface area (Å²) in [4.78, 5) is 14.4. The van der Waals surface area contributed by atoms with Gasteiger partial charge in [-0.05, 0) is 19.8 Å². The lowest BCUT2D eigenvalue weighted by atomic mass is 9.91. The Labute approximate surface area is 108 Å². The molecule has 0 saturated carbocycles. The van der Waals surface area contributed by atoms with Gasteiger partial charge in [0.1, 0.15) is 0 Å². The molecule has 3 rings (SSSR count). The van der Waals surface area contributed by atoms with Crippen LogP contribution in [0.25, 0.3) is 0 Å². The minimum Gasteiger partial charge on any atom is -0.349 e. The number of ether oxygens (including phenoxy) is 1. The molecule has 1 aromatic carbocycles. The molecule has 0 spiro atoms. The fourth-order valence-electron chi connectivity index (χ4n) is 3.13. The van der Waals surface area contributed by atoms with E-state index in [1.54, 1.807) is 0 Å². The summed E-state index contributed by atoms with van der Waals surface area (Å²) in [6.07, 6.45) is 2.03. The smallest absolute Gasteiger partial charge is 0.228 e. The van der Waals surface area contributed by atoms with E-state index < -0.39 is 5.72 Å². The molecule has 2 aliphatic rings. The van der Waals surface area contributed by atoms with Crippen molar-refractivity contribution >= 4 is 5.91 Å². The second kappa shape index (κ2) is 4.09. The fourth-order valence-corrected chi connectivity index (χ4v) is 3.13. The number of piperidine rings is 1. The van der Waals surface area contributed by atoms with Gasteiger partial charge in [0.15, 0.2) is 5.72 Å². The molecule has 96 valence electrons. The number of hydrogen-bond acceptors (Lipinski definition) is 2. The van der Waals surface area contributed by atoms with Gasteiger partial charge < -0.3 is 9.64 Å². The van der Waals surface area contributed by atoms with Crippen molar-refractivity contribution in [2.75, 3.05) is 6.61 Å². The van der Waals surface area contributed by atoms with E-state index >= 15 is 0 Å². The van der Waals surface area contributed by atoms with Crippen LogP contribution in [-0.4, -0.2) is 23.5 Å². The largest absolute Gasteiger partial charge is 0.349 e. The number of hydrogen-bond donors (Lipinski definition) is 0. The number of carbonyl (C=O) groups is 1. The molecule has 1 unspecified atom stereocenters. The van der Waals surface area contributed by atoms with Crippen molar-refractivity contribution in [3.63, 3.8) is 0 Å². The van der Waals surface area contributed by atoms with Crippen molar-refractivity contribution in [1.82, 2.24) is 4.90 Å². The minimum absolute atomic E-state index is 0.117. The van der Waals surface area contributed by atoms with Gasteiger partial charge in [-0.3, -0.25) is 4.79 Å². The molecule has 1 amide bonds. The van der Waals surface area contributed by atoms with Crippen LogP contribution < -0.4 is 0 Å². The van der Waals surface area contributed by atoms with Crippen molar-refractivity contribution < 1.29 is 9.53 Å². The first-order valence-electron chi connectivity index (χ1n) is 6.65. The van der Waals surface area contributed by atoms with Crippen LogP contribution in [0.15, 0.2) is 30.3 Å². The summed E-state index contributed by atoms with van der Waals surface area (Å²) in [7, 11) is 0. The minimum atomic E-state index is -0.586. The van der Waals surface area contributed by atoms with E-state index in [2.05, 4.69) is 0 Å². The predicted octanol–water partition coefficient (Wildman–Crippen LogP) is 2.52. The van der Waals surface area contributed by atoms with Crippen LogP contribution in [0, 0.1) is 5.92 Å². The van der Waals surface area contributed by atoms with Gasteiger partial charge in [0.05, 0.1) is 12.6 Å². The second-order valence-corrected chi connectivity index (χ2v) is 5.50. The zero-order valence-electron chi connectivity index (χ0n) is 10.9. The van der Waals surface area contributed by atoms with Gasteiger partial charge >= 0.3 is 0 Å². The number of carbonyl (C=O) groups excluding carboxylic acids is 1. The zero-order chi connectivity index (χ0) is 12.8. The number of nitrogens with zero attached hydrogens (tertiary/aromatic N) is 1. The maximum atomic E-state index is 12.4. The van der Waals surface area contributed by atoms with Crippen molar-refractivity contribution in [2.24, 2.45) is 5.92 Å². The van der Waals surface area contributed by atoms with E-state index in [0.717, 1.165) is 18.4 Å². The van der Waals surface area contributed by atoms with E-state index in [-0.39, 0.29) is 17.9 Å². The van der Waals surface area contributed by atoms with Gasteiger partial charge in [0.2, 0.25) is 5.91 Å². The van der Waals surface area contributed by atoms with E-state index in [9.17, 15) is 4.79 Å². The Bertz CT molecular complexity index is 459. The fraction of sp³-hybridized carbons (Fsp3) is 0.533. The van der Waals surface area contributed by atoms with Gasteiger partial charge in [-0.25, -0.2) is 0 Å². The van der Waals surface area contributed by atoms with Crippen LogP contribution in [0.5, 0.6) is 0 Å². The van der Waals surface area contributed by atoms with Crippen LogP contribution in [-0.2, 0) is 15.3 Å². The summed E-state index contributed by atoms with van der Waals surface area (Å²) >= 11 is 0. The molecule has 2 heterocycles. The molecule has 3 heteroatoms. The van der Waals surface area contributed by atoms with E-state index in [1.807, 2.05) is 49.1 Å². The summed E-state index contributed by atoms with van der Waals surface area (Å²) in [6.45, 7) is 4.68. The molecule has 0 N–H and O–H groups in total. The average Bonchev–Trinajstić information content (AvgIpc) is 2.75. The van der Waals surface area contributed by atoms with Gasteiger partial charge in [0, 0.05) is 11.5 Å². The summed E-state index contributed by atoms with van der Waals surface area (Å²) in [5.74, 6) is 0.348. The first-order chi connectivity index (χ1) is 8.63. The summed E-state index contributed by atoms with van der Waals surface area (Å²) < 4.78 is 6.00. The lowest BCUT2D eigenvalue weighted by Crippen LogP contribution is -2.52. The molecular formula is C15H19NO2. The van der Waals surface area contributed by atoms with Gasteiger partial charge in [-0.2, -0.15) is 0 Å². The number of amides is 1. The highest BCUT2D eigenvalue weighted by Crippen LogP contribution is 2.42. The van der Waals surface area contributed by atoms with Crippen molar-refractivity contribution in [3.05, 3.63) is 35.9 Å². The average molecular weight is 245 g/mol. The molecule has 0 aromatic heterocycles. The molecular weight excluding hydrogens is 226 g/mol. The third-order valence-electron chi connectivity index (χ3n) is 4.28. The number of rotatable bonds is 1. The number of benzene rings is 1. The van der Waals surface area contributed by atoms with E-state index in [0.29, 0.717) is 6.61 Å². The summed E-state index contributed by atoms with van der Waals surface area (Å²) in [6, 6.07) is 10.3. The third-order valence-corrected chi connectivity index (χ3v) is 4.28. The van der Waals surface area contributed by atoms with E-state index in [4.69, 9.17) is 4.74 Å². The monoisotopic (exact) mass is 245 g/mol. The maximum Gasteiger partial charge on any atom is 0.228 e. The Morgan fingerprint density at radius 1 is 1.28 bits per heavy atom. The Morgan fingerprint density at radius 3 is 2.72 bits per heavy atom. The molecule has 2 aliphatic heterocycles. The Hall–Kier alpha value is -1.35. The first-order valence-corrected chi connectivity index (χ1v) is 6.65. The molecule has 0 bridgehead atoms. The van der Waals surface area contributed by atoms with Crippen molar-refractivity contribution in [2.45, 2.75) is 38.5 Å². The van der Waals surface area contributed by atoms with E-state index in [1.165, 1.54) is 0 Å². The standard InChI is InChI=1S/C15H19NO2/c1-11-8-9-13-10-18-15(2,16(13)14(11)17)12-6-4-3-5-7-12/h3-7,11,13H,8-10H2,1-2H3/t11?,13-,15-/m0/s1. The third kappa shape index (κ3) is 1.57. The maximum absolute atomic E-state index is 12.4. The van der Waals surface area contributed by atoms with Crippen LogP contribution in [0.2, 0.25) is 0 Å². The Balaban J connectivity index is 2.00. The van der Waals surface area contributed by atoms with Crippen LogP contribution in [0.4, 0.5) is 0 Å². The summed E-state index contributed by atoms with van der Waals surface area (Å²) in [5.41, 5.74) is 0.479. The lowest BCUT2D eigenvalue weighted by molar-refractivity contribution is -0.157. The normalized spacial score (nSPS) is 35.7. The molecule has 0 aliphatic carbocycles. The highest BCUT2D eigenvalue weighted by Gasteiger charge is 2.50.